The highest BCUT2D eigenvalue weighted by molar-refractivity contribution is 7.89. The number of hydrogen-bond acceptors (Lipinski definition) is 4. The minimum Gasteiger partial charge on any atom is -0.378 e. The predicted molar refractivity (Wildman–Crippen MR) is 110 cm³/mol. The van der Waals surface area contributed by atoms with Crippen LogP contribution in [0.15, 0.2) is 59.5 Å². The van der Waals surface area contributed by atoms with Gasteiger partial charge in [0, 0.05) is 32.1 Å². The van der Waals surface area contributed by atoms with Gasteiger partial charge in [0.15, 0.2) is 0 Å². The van der Waals surface area contributed by atoms with E-state index < -0.39 is 15.9 Å². The number of carbonyl (C=O) groups is 1. The molecule has 2 aromatic rings. The van der Waals surface area contributed by atoms with Gasteiger partial charge in [-0.15, -0.1) is 0 Å². The molecule has 2 saturated heterocycles. The second-order valence-corrected chi connectivity index (χ2v) is 9.58. The van der Waals surface area contributed by atoms with E-state index in [4.69, 9.17) is 4.74 Å². The van der Waals surface area contributed by atoms with Gasteiger partial charge in [0.25, 0.3) is 0 Å². The van der Waals surface area contributed by atoms with E-state index in [2.05, 4.69) is 0 Å². The summed E-state index contributed by atoms with van der Waals surface area (Å²) in [6.45, 7) is 4.69. The van der Waals surface area contributed by atoms with Crippen LogP contribution in [-0.4, -0.2) is 62.9 Å². The van der Waals surface area contributed by atoms with Crippen LogP contribution in [-0.2, 0) is 19.6 Å². The lowest BCUT2D eigenvalue weighted by molar-refractivity contribution is -0.139. The summed E-state index contributed by atoms with van der Waals surface area (Å²) in [4.78, 5) is 15.4. The SMILES string of the molecule is Cc1ccccc1[C@@H]1CN(S(=O)(=O)c2ccccc2)C[C@@H]1C(=O)N1CCOCC1. The number of rotatable bonds is 4. The van der Waals surface area contributed by atoms with Crippen LogP contribution < -0.4 is 0 Å². The lowest BCUT2D eigenvalue weighted by Crippen LogP contribution is -2.45. The summed E-state index contributed by atoms with van der Waals surface area (Å²) in [6.07, 6.45) is 0. The molecule has 0 spiro atoms. The first-order valence-electron chi connectivity index (χ1n) is 9.96. The highest BCUT2D eigenvalue weighted by Gasteiger charge is 2.45. The van der Waals surface area contributed by atoms with Gasteiger partial charge in [-0.3, -0.25) is 4.79 Å². The first-order chi connectivity index (χ1) is 14.0. The van der Waals surface area contributed by atoms with Crippen LogP contribution in [0.4, 0.5) is 0 Å². The van der Waals surface area contributed by atoms with Gasteiger partial charge in [-0.1, -0.05) is 42.5 Å². The van der Waals surface area contributed by atoms with Gasteiger partial charge in [0.1, 0.15) is 0 Å². The normalized spacial score (nSPS) is 23.3. The van der Waals surface area contributed by atoms with Crippen molar-refractivity contribution in [1.82, 2.24) is 9.21 Å². The van der Waals surface area contributed by atoms with Crippen LogP contribution in [0.2, 0.25) is 0 Å². The van der Waals surface area contributed by atoms with Gasteiger partial charge in [0.2, 0.25) is 15.9 Å². The van der Waals surface area contributed by atoms with Crippen LogP contribution >= 0.6 is 0 Å². The summed E-state index contributed by atoms with van der Waals surface area (Å²) in [5, 5.41) is 0. The number of nitrogens with zero attached hydrogens (tertiary/aromatic N) is 2. The Morgan fingerprint density at radius 1 is 0.966 bits per heavy atom. The molecule has 0 unspecified atom stereocenters. The Labute approximate surface area is 172 Å². The van der Waals surface area contributed by atoms with Crippen molar-refractivity contribution in [3.8, 4) is 0 Å². The zero-order valence-electron chi connectivity index (χ0n) is 16.5. The molecule has 0 saturated carbocycles. The van der Waals surface area contributed by atoms with E-state index in [1.54, 1.807) is 30.3 Å². The summed E-state index contributed by atoms with van der Waals surface area (Å²) in [5.74, 6) is -0.537. The lowest BCUT2D eigenvalue weighted by atomic mass is 9.85. The van der Waals surface area contributed by atoms with Crippen molar-refractivity contribution in [3.05, 3.63) is 65.7 Å². The number of amides is 1. The Balaban J connectivity index is 1.67. The van der Waals surface area contributed by atoms with Gasteiger partial charge in [-0.2, -0.15) is 4.31 Å². The highest BCUT2D eigenvalue weighted by Crippen LogP contribution is 2.38. The summed E-state index contributed by atoms with van der Waals surface area (Å²) < 4.78 is 33.3. The molecule has 4 rings (SSSR count). The van der Waals surface area contributed by atoms with Crippen molar-refractivity contribution in [2.75, 3.05) is 39.4 Å². The zero-order chi connectivity index (χ0) is 20.4. The molecule has 0 radical (unpaired) electrons. The van der Waals surface area contributed by atoms with E-state index in [0.717, 1.165) is 11.1 Å². The maximum absolute atomic E-state index is 13.4. The molecular weight excluding hydrogens is 388 g/mol. The molecular formula is C22H26N2O4S. The molecule has 7 heteroatoms. The number of hydrogen-bond donors (Lipinski definition) is 0. The first kappa shape index (κ1) is 20.1. The second-order valence-electron chi connectivity index (χ2n) is 7.64. The van der Waals surface area contributed by atoms with Crippen molar-refractivity contribution in [3.63, 3.8) is 0 Å². The zero-order valence-corrected chi connectivity index (χ0v) is 17.3. The lowest BCUT2D eigenvalue weighted by Gasteiger charge is -2.31. The topological polar surface area (TPSA) is 66.9 Å². The Morgan fingerprint density at radius 3 is 2.31 bits per heavy atom. The second kappa shape index (κ2) is 8.26. The van der Waals surface area contributed by atoms with Crippen molar-refractivity contribution in [2.45, 2.75) is 17.7 Å². The molecule has 0 bridgehead atoms. The molecule has 2 aliphatic heterocycles. The summed E-state index contributed by atoms with van der Waals surface area (Å²) >= 11 is 0. The fourth-order valence-electron chi connectivity index (χ4n) is 4.29. The Kier molecular flexibility index (Phi) is 5.72. The average molecular weight is 415 g/mol. The van der Waals surface area contributed by atoms with Gasteiger partial charge in [-0.05, 0) is 30.2 Å². The minimum absolute atomic E-state index is 0.0207. The molecule has 0 aliphatic carbocycles. The number of ether oxygens (including phenoxy) is 1. The molecule has 0 N–H and O–H groups in total. The first-order valence-corrected chi connectivity index (χ1v) is 11.4. The average Bonchev–Trinajstić information content (AvgIpc) is 3.21. The Hall–Kier alpha value is -2.22. The van der Waals surface area contributed by atoms with E-state index >= 15 is 0 Å². The fraction of sp³-hybridized carbons (Fsp3) is 0.409. The maximum Gasteiger partial charge on any atom is 0.243 e. The van der Waals surface area contributed by atoms with Gasteiger partial charge >= 0.3 is 0 Å². The fourth-order valence-corrected chi connectivity index (χ4v) is 5.80. The molecule has 6 nitrogen and oxygen atoms in total. The van der Waals surface area contributed by atoms with Gasteiger partial charge in [-0.25, -0.2) is 8.42 Å². The number of sulfonamides is 1. The molecule has 2 aromatic carbocycles. The third-order valence-electron chi connectivity index (χ3n) is 5.90. The molecule has 29 heavy (non-hydrogen) atoms. The van der Waals surface area contributed by atoms with Crippen molar-refractivity contribution < 1.29 is 17.9 Å². The summed E-state index contributed by atoms with van der Waals surface area (Å²) in [6, 6.07) is 16.4. The molecule has 2 atom stereocenters. The van der Waals surface area contributed by atoms with Crippen LogP contribution in [0.5, 0.6) is 0 Å². The smallest absolute Gasteiger partial charge is 0.243 e. The van der Waals surface area contributed by atoms with Crippen LogP contribution in [0, 0.1) is 12.8 Å². The number of morpholine rings is 1. The number of benzene rings is 2. The largest absolute Gasteiger partial charge is 0.378 e. The highest BCUT2D eigenvalue weighted by atomic mass is 32.2. The Bertz CT molecular complexity index is 971. The van der Waals surface area contributed by atoms with Crippen LogP contribution in [0.25, 0.3) is 0 Å². The summed E-state index contributed by atoms with van der Waals surface area (Å²) in [5.41, 5.74) is 2.13. The quantitative estimate of drug-likeness (QED) is 0.770. The van der Waals surface area contributed by atoms with Gasteiger partial charge < -0.3 is 9.64 Å². The summed E-state index contributed by atoms with van der Waals surface area (Å²) in [7, 11) is -3.65. The third kappa shape index (κ3) is 3.95. The van der Waals surface area contributed by atoms with Gasteiger partial charge in [0.05, 0.1) is 24.0 Å². The number of carbonyl (C=O) groups excluding carboxylic acids is 1. The van der Waals surface area contributed by atoms with E-state index in [0.29, 0.717) is 32.8 Å². The molecule has 2 heterocycles. The van der Waals surface area contributed by atoms with Crippen LogP contribution in [0.1, 0.15) is 17.0 Å². The van der Waals surface area contributed by atoms with E-state index in [-0.39, 0.29) is 23.3 Å². The van der Waals surface area contributed by atoms with E-state index in [1.807, 2.05) is 36.1 Å². The molecule has 2 aliphatic rings. The Morgan fingerprint density at radius 2 is 1.62 bits per heavy atom. The molecule has 1 amide bonds. The van der Waals surface area contributed by atoms with Crippen molar-refractivity contribution in [1.29, 1.82) is 0 Å². The molecule has 2 fully saturated rings. The number of aryl methyl sites for hydroxylation is 1. The van der Waals surface area contributed by atoms with Crippen molar-refractivity contribution >= 4 is 15.9 Å². The molecule has 0 aromatic heterocycles. The third-order valence-corrected chi connectivity index (χ3v) is 7.74. The van der Waals surface area contributed by atoms with E-state index in [1.165, 1.54) is 4.31 Å². The maximum atomic E-state index is 13.4. The monoisotopic (exact) mass is 414 g/mol. The van der Waals surface area contributed by atoms with Crippen LogP contribution in [0.3, 0.4) is 0 Å². The van der Waals surface area contributed by atoms with Crippen molar-refractivity contribution in [2.24, 2.45) is 5.92 Å². The minimum atomic E-state index is -3.65. The standard InChI is InChI=1S/C22H26N2O4S/c1-17-7-5-6-10-19(17)20-15-24(29(26,27)18-8-3-2-4-9-18)16-21(20)22(25)23-11-13-28-14-12-23/h2-10,20-21H,11-16H2,1H3/t20-,21-/m0/s1. The van der Waals surface area contributed by atoms with E-state index in [9.17, 15) is 13.2 Å². The predicted octanol–water partition coefficient (Wildman–Crippen LogP) is 2.26. The molecule has 154 valence electrons.